The molecule has 0 saturated heterocycles. The van der Waals surface area contributed by atoms with Crippen molar-refractivity contribution in [1.82, 2.24) is 9.97 Å². The lowest BCUT2D eigenvalue weighted by Gasteiger charge is -2.21. The average molecular weight is 396 g/mol. The monoisotopic (exact) mass is 395 g/mol. The molecule has 2 aromatic carbocycles. The van der Waals surface area contributed by atoms with E-state index in [0.717, 1.165) is 18.8 Å². The molecule has 2 N–H and O–H groups in total. The van der Waals surface area contributed by atoms with Crippen LogP contribution in [0.1, 0.15) is 24.3 Å². The highest BCUT2D eigenvalue weighted by molar-refractivity contribution is 6.30. The summed E-state index contributed by atoms with van der Waals surface area (Å²) >= 11 is 5.84. The minimum absolute atomic E-state index is 0.234. The lowest BCUT2D eigenvalue weighted by Crippen LogP contribution is -2.21. The molecular weight excluding hydrogens is 374 g/mol. The molecule has 0 fully saturated rings. The number of hydrogen-bond acceptors (Lipinski definition) is 5. The first kappa shape index (κ1) is 19.6. The second kappa shape index (κ2) is 9.19. The van der Waals surface area contributed by atoms with Gasteiger partial charge in [-0.05, 0) is 62.4 Å². The van der Waals surface area contributed by atoms with Crippen LogP contribution in [0, 0.1) is 0 Å². The number of amides is 1. The van der Waals surface area contributed by atoms with Gasteiger partial charge in [-0.3, -0.25) is 4.79 Å². The Morgan fingerprint density at radius 2 is 1.57 bits per heavy atom. The molecule has 3 aromatic rings. The zero-order chi connectivity index (χ0) is 19.9. The van der Waals surface area contributed by atoms with E-state index in [2.05, 4.69) is 51.5 Å². The summed E-state index contributed by atoms with van der Waals surface area (Å²) < 4.78 is 0. The molecule has 144 valence electrons. The fourth-order valence-electron chi connectivity index (χ4n) is 2.73. The Balaban J connectivity index is 1.62. The van der Waals surface area contributed by atoms with Crippen LogP contribution in [0.3, 0.4) is 0 Å². The normalized spacial score (nSPS) is 10.4. The molecule has 0 spiro atoms. The van der Waals surface area contributed by atoms with Crippen LogP contribution in [0.2, 0.25) is 5.02 Å². The molecule has 3 rings (SSSR count). The first-order valence-corrected chi connectivity index (χ1v) is 9.48. The molecule has 0 radical (unpaired) electrons. The third kappa shape index (κ3) is 4.98. The molecule has 7 heteroatoms. The van der Waals surface area contributed by atoms with Gasteiger partial charge in [0.25, 0.3) is 5.91 Å². The first-order chi connectivity index (χ1) is 13.6. The number of aromatic nitrogens is 2. The number of anilines is 4. The predicted molar refractivity (Wildman–Crippen MR) is 115 cm³/mol. The van der Waals surface area contributed by atoms with Crippen LogP contribution in [-0.2, 0) is 0 Å². The number of nitrogens with one attached hydrogen (secondary N) is 2. The van der Waals surface area contributed by atoms with Gasteiger partial charge >= 0.3 is 0 Å². The standard InChI is InChI=1S/C21H22ClN5O/c1-3-27(4-2)18-11-9-16(10-12-18)25-20-14-23-19(13-24-20)21(28)26-17-7-5-15(22)6-8-17/h5-14H,3-4H2,1-2H3,(H,24,25)(H,26,28). The maximum Gasteiger partial charge on any atom is 0.275 e. The zero-order valence-corrected chi connectivity index (χ0v) is 16.6. The number of carbonyl (C=O) groups excluding carboxylic acids is 1. The Kier molecular flexibility index (Phi) is 6.45. The summed E-state index contributed by atoms with van der Waals surface area (Å²) in [5, 5.41) is 6.56. The van der Waals surface area contributed by atoms with Gasteiger partial charge in [0.05, 0.1) is 12.4 Å². The van der Waals surface area contributed by atoms with Crippen molar-refractivity contribution in [1.29, 1.82) is 0 Å². The van der Waals surface area contributed by atoms with E-state index in [1.807, 2.05) is 12.1 Å². The highest BCUT2D eigenvalue weighted by Gasteiger charge is 2.09. The van der Waals surface area contributed by atoms with Crippen molar-refractivity contribution in [3.63, 3.8) is 0 Å². The van der Waals surface area contributed by atoms with Crippen LogP contribution < -0.4 is 15.5 Å². The van der Waals surface area contributed by atoms with Crippen molar-refractivity contribution in [2.75, 3.05) is 28.6 Å². The molecule has 0 bridgehead atoms. The van der Waals surface area contributed by atoms with Crippen LogP contribution in [-0.4, -0.2) is 29.0 Å². The fraction of sp³-hybridized carbons (Fsp3) is 0.190. The van der Waals surface area contributed by atoms with E-state index < -0.39 is 0 Å². The van der Waals surface area contributed by atoms with Gasteiger partial charge in [-0.25, -0.2) is 9.97 Å². The molecule has 1 amide bonds. The van der Waals surface area contributed by atoms with E-state index in [9.17, 15) is 4.79 Å². The van der Waals surface area contributed by atoms with Crippen molar-refractivity contribution >= 4 is 40.4 Å². The van der Waals surface area contributed by atoms with Gasteiger partial charge in [-0.2, -0.15) is 0 Å². The number of hydrogen-bond donors (Lipinski definition) is 2. The van der Waals surface area contributed by atoms with Crippen molar-refractivity contribution in [2.45, 2.75) is 13.8 Å². The van der Waals surface area contributed by atoms with Crippen LogP contribution >= 0.6 is 11.6 Å². The Labute approximate surface area is 169 Å². The Hall–Kier alpha value is -3.12. The summed E-state index contributed by atoms with van der Waals surface area (Å²) in [6.07, 6.45) is 2.98. The van der Waals surface area contributed by atoms with Crippen LogP contribution in [0.4, 0.5) is 22.9 Å². The molecule has 0 aliphatic heterocycles. The van der Waals surface area contributed by atoms with Crippen LogP contribution in [0.15, 0.2) is 60.9 Å². The maximum atomic E-state index is 12.3. The second-order valence-corrected chi connectivity index (χ2v) is 6.53. The summed E-state index contributed by atoms with van der Waals surface area (Å²) in [5.41, 5.74) is 2.96. The summed E-state index contributed by atoms with van der Waals surface area (Å²) in [6.45, 7) is 6.20. The SMILES string of the molecule is CCN(CC)c1ccc(Nc2cnc(C(=O)Nc3ccc(Cl)cc3)cn2)cc1. The Bertz CT molecular complexity index is 907. The smallest absolute Gasteiger partial charge is 0.275 e. The van der Waals surface area contributed by atoms with Gasteiger partial charge in [0.1, 0.15) is 11.5 Å². The van der Waals surface area contributed by atoms with Gasteiger partial charge in [0, 0.05) is 35.2 Å². The van der Waals surface area contributed by atoms with Crippen molar-refractivity contribution in [3.05, 3.63) is 71.6 Å². The number of halogens is 1. The maximum absolute atomic E-state index is 12.3. The largest absolute Gasteiger partial charge is 0.372 e. The van der Waals surface area contributed by atoms with Crippen LogP contribution in [0.5, 0.6) is 0 Å². The van der Waals surface area contributed by atoms with E-state index in [-0.39, 0.29) is 11.6 Å². The summed E-state index contributed by atoms with van der Waals surface area (Å²) in [7, 11) is 0. The van der Waals surface area contributed by atoms with Crippen molar-refractivity contribution in [2.24, 2.45) is 0 Å². The fourth-order valence-corrected chi connectivity index (χ4v) is 2.86. The lowest BCUT2D eigenvalue weighted by atomic mass is 10.2. The lowest BCUT2D eigenvalue weighted by molar-refractivity contribution is 0.102. The third-order valence-corrected chi connectivity index (χ3v) is 4.51. The molecular formula is C21H22ClN5O. The van der Waals surface area contributed by atoms with Gasteiger partial charge in [0.2, 0.25) is 0 Å². The van der Waals surface area contributed by atoms with E-state index in [1.165, 1.54) is 18.1 Å². The van der Waals surface area contributed by atoms with Gasteiger partial charge in [-0.1, -0.05) is 11.6 Å². The van der Waals surface area contributed by atoms with Gasteiger partial charge in [-0.15, -0.1) is 0 Å². The third-order valence-electron chi connectivity index (χ3n) is 4.25. The number of nitrogens with zero attached hydrogens (tertiary/aromatic N) is 3. The van der Waals surface area contributed by atoms with E-state index in [0.29, 0.717) is 16.5 Å². The second-order valence-electron chi connectivity index (χ2n) is 6.09. The highest BCUT2D eigenvalue weighted by atomic mass is 35.5. The predicted octanol–water partition coefficient (Wildman–Crippen LogP) is 4.97. The van der Waals surface area contributed by atoms with E-state index >= 15 is 0 Å². The minimum atomic E-state index is -0.329. The molecule has 0 atom stereocenters. The molecule has 28 heavy (non-hydrogen) atoms. The van der Waals surface area contributed by atoms with Crippen LogP contribution in [0.25, 0.3) is 0 Å². The average Bonchev–Trinajstić information content (AvgIpc) is 2.72. The summed E-state index contributed by atoms with van der Waals surface area (Å²) in [4.78, 5) is 23.0. The first-order valence-electron chi connectivity index (χ1n) is 9.10. The number of benzene rings is 2. The minimum Gasteiger partial charge on any atom is -0.372 e. The quantitative estimate of drug-likeness (QED) is 0.590. The molecule has 6 nitrogen and oxygen atoms in total. The van der Waals surface area contributed by atoms with Crippen molar-refractivity contribution < 1.29 is 4.79 Å². The molecule has 0 saturated carbocycles. The molecule has 0 unspecified atom stereocenters. The van der Waals surface area contributed by atoms with E-state index in [1.54, 1.807) is 24.3 Å². The topological polar surface area (TPSA) is 70.2 Å². The summed E-state index contributed by atoms with van der Waals surface area (Å²) in [6, 6.07) is 15.0. The number of rotatable bonds is 7. The molecule has 1 aromatic heterocycles. The highest BCUT2D eigenvalue weighted by Crippen LogP contribution is 2.20. The van der Waals surface area contributed by atoms with Crippen molar-refractivity contribution in [3.8, 4) is 0 Å². The molecule has 1 heterocycles. The van der Waals surface area contributed by atoms with Gasteiger partial charge in [0.15, 0.2) is 0 Å². The molecule has 0 aliphatic carbocycles. The van der Waals surface area contributed by atoms with E-state index in [4.69, 9.17) is 11.6 Å². The summed E-state index contributed by atoms with van der Waals surface area (Å²) in [5.74, 6) is 0.239. The Morgan fingerprint density at radius 3 is 2.14 bits per heavy atom. The molecule has 0 aliphatic rings. The number of carbonyl (C=O) groups is 1. The zero-order valence-electron chi connectivity index (χ0n) is 15.8. The van der Waals surface area contributed by atoms with Gasteiger partial charge < -0.3 is 15.5 Å². The Morgan fingerprint density at radius 1 is 0.929 bits per heavy atom.